The van der Waals surface area contributed by atoms with E-state index in [0.29, 0.717) is 35.3 Å². The zero-order valence-electron chi connectivity index (χ0n) is 18.3. The Kier molecular flexibility index (Phi) is 5.64. The predicted octanol–water partition coefficient (Wildman–Crippen LogP) is 6.50. The van der Waals surface area contributed by atoms with E-state index in [9.17, 15) is 31.1 Å². The maximum absolute atomic E-state index is 13.2. The number of amides is 1. The highest BCUT2D eigenvalue weighted by atomic mass is 19.4. The molecule has 2 aliphatic rings. The lowest BCUT2D eigenvalue weighted by molar-refractivity contribution is -0.143. The molecular weight excluding hydrogens is 472 g/mol. The molecular formula is C25H21F6N3O. The number of halogens is 6. The van der Waals surface area contributed by atoms with E-state index >= 15 is 0 Å². The second-order valence-electron chi connectivity index (χ2n) is 9.25. The van der Waals surface area contributed by atoms with Gasteiger partial charge in [-0.3, -0.25) is 9.36 Å². The first kappa shape index (κ1) is 23.4. The molecule has 184 valence electrons. The van der Waals surface area contributed by atoms with Gasteiger partial charge >= 0.3 is 12.4 Å². The third-order valence-electron chi connectivity index (χ3n) is 6.99. The van der Waals surface area contributed by atoms with Gasteiger partial charge in [-0.15, -0.1) is 0 Å². The van der Waals surface area contributed by atoms with Crippen LogP contribution in [0.1, 0.15) is 47.3 Å². The minimum atomic E-state index is -4.92. The van der Waals surface area contributed by atoms with Crippen molar-refractivity contribution in [2.24, 2.45) is 11.8 Å². The van der Waals surface area contributed by atoms with Gasteiger partial charge in [0.25, 0.3) is 5.91 Å². The highest BCUT2D eigenvalue weighted by Gasteiger charge is 2.40. The molecule has 2 bridgehead atoms. The van der Waals surface area contributed by atoms with Crippen molar-refractivity contribution in [2.75, 3.05) is 0 Å². The lowest BCUT2D eigenvalue weighted by Gasteiger charge is -2.23. The number of nitrogens with one attached hydrogen (secondary N) is 1. The number of rotatable bonds is 4. The van der Waals surface area contributed by atoms with Crippen molar-refractivity contribution in [3.8, 4) is 16.8 Å². The quantitative estimate of drug-likeness (QED) is 0.422. The first-order valence-electron chi connectivity index (χ1n) is 11.2. The normalized spacial score (nSPS) is 21.9. The molecule has 1 amide bonds. The average Bonchev–Trinajstić information content (AvgIpc) is 3.55. The molecule has 10 heteroatoms. The number of nitrogens with zero attached hydrogens (tertiary/aromatic N) is 2. The zero-order chi connectivity index (χ0) is 25.0. The van der Waals surface area contributed by atoms with Crippen LogP contribution in [0.3, 0.4) is 0 Å². The SMILES string of the molecule is O=C(NC1CC2CCC1C2)c1cncn1-c1ccc(-c2cc(C(F)(F)F)cc(C(F)(F)F)c2)cc1. The summed E-state index contributed by atoms with van der Waals surface area (Å²) < 4.78 is 80.7. The summed E-state index contributed by atoms with van der Waals surface area (Å²) in [7, 11) is 0. The number of hydrogen-bond donors (Lipinski definition) is 1. The molecule has 2 saturated carbocycles. The molecule has 0 aliphatic heterocycles. The van der Waals surface area contributed by atoms with Crippen LogP contribution in [0.4, 0.5) is 26.3 Å². The molecule has 3 aromatic rings. The van der Waals surface area contributed by atoms with Crippen molar-refractivity contribution in [2.45, 2.75) is 44.1 Å². The third-order valence-corrected chi connectivity index (χ3v) is 6.99. The van der Waals surface area contributed by atoms with Gasteiger partial charge < -0.3 is 5.32 Å². The van der Waals surface area contributed by atoms with E-state index in [-0.39, 0.29) is 29.1 Å². The van der Waals surface area contributed by atoms with Crippen molar-refractivity contribution in [3.05, 3.63) is 71.8 Å². The monoisotopic (exact) mass is 493 g/mol. The van der Waals surface area contributed by atoms with Crippen molar-refractivity contribution < 1.29 is 31.1 Å². The molecule has 1 N–H and O–H groups in total. The summed E-state index contributed by atoms with van der Waals surface area (Å²) in [5.74, 6) is 0.891. The number of fused-ring (bicyclic) bond motifs is 2. The van der Waals surface area contributed by atoms with E-state index < -0.39 is 23.5 Å². The fourth-order valence-electron chi connectivity index (χ4n) is 5.27. The van der Waals surface area contributed by atoms with E-state index in [1.54, 1.807) is 4.57 Å². The van der Waals surface area contributed by atoms with Gasteiger partial charge in [-0.05, 0) is 72.6 Å². The van der Waals surface area contributed by atoms with E-state index in [0.717, 1.165) is 19.3 Å². The number of carbonyl (C=O) groups is 1. The molecule has 3 unspecified atom stereocenters. The van der Waals surface area contributed by atoms with Crippen LogP contribution in [-0.2, 0) is 12.4 Å². The Morgan fingerprint density at radius 3 is 2.09 bits per heavy atom. The zero-order valence-corrected chi connectivity index (χ0v) is 18.3. The Morgan fingerprint density at radius 2 is 1.54 bits per heavy atom. The molecule has 1 heterocycles. The topological polar surface area (TPSA) is 46.9 Å². The van der Waals surface area contributed by atoms with Crippen LogP contribution in [0.2, 0.25) is 0 Å². The molecule has 2 aliphatic carbocycles. The number of aromatic nitrogens is 2. The number of imidazole rings is 1. The molecule has 5 rings (SSSR count). The van der Waals surface area contributed by atoms with Gasteiger partial charge in [0.2, 0.25) is 0 Å². The van der Waals surface area contributed by atoms with Crippen LogP contribution in [0.5, 0.6) is 0 Å². The summed E-state index contributed by atoms with van der Waals surface area (Å²) in [4.78, 5) is 17.0. The van der Waals surface area contributed by atoms with Gasteiger partial charge in [0.05, 0.1) is 23.7 Å². The minimum absolute atomic E-state index is 0.102. The van der Waals surface area contributed by atoms with Gasteiger partial charge in [0, 0.05) is 11.7 Å². The summed E-state index contributed by atoms with van der Waals surface area (Å²) in [6.45, 7) is 0. The minimum Gasteiger partial charge on any atom is -0.348 e. The largest absolute Gasteiger partial charge is 0.416 e. The molecule has 0 radical (unpaired) electrons. The molecule has 4 nitrogen and oxygen atoms in total. The van der Waals surface area contributed by atoms with Crippen LogP contribution < -0.4 is 5.32 Å². The van der Waals surface area contributed by atoms with Crippen molar-refractivity contribution >= 4 is 5.91 Å². The first-order chi connectivity index (χ1) is 16.5. The molecule has 2 fully saturated rings. The average molecular weight is 493 g/mol. The molecule has 1 aromatic heterocycles. The molecule has 0 spiro atoms. The fraction of sp³-hybridized carbons (Fsp3) is 0.360. The third kappa shape index (κ3) is 4.66. The number of alkyl halides is 6. The number of hydrogen-bond acceptors (Lipinski definition) is 2. The standard InChI is InChI=1S/C25H21F6N3O/c26-24(27,28)18-9-17(10-19(11-18)25(29,30)31)15-3-5-20(6-4-15)34-13-32-12-22(34)23(35)33-21-8-14-1-2-16(21)7-14/h3-6,9-14,16,21H,1-2,7-8H2,(H,33,35). The summed E-state index contributed by atoms with van der Waals surface area (Å²) >= 11 is 0. The van der Waals surface area contributed by atoms with Crippen molar-refractivity contribution in [3.63, 3.8) is 0 Å². The molecule has 0 saturated heterocycles. The Hall–Kier alpha value is -3.30. The van der Waals surface area contributed by atoms with Crippen LogP contribution in [0, 0.1) is 11.8 Å². The van der Waals surface area contributed by atoms with E-state index in [4.69, 9.17) is 0 Å². The molecule has 35 heavy (non-hydrogen) atoms. The summed E-state index contributed by atoms with van der Waals surface area (Å²) in [5, 5.41) is 3.09. The van der Waals surface area contributed by atoms with Crippen molar-refractivity contribution in [1.29, 1.82) is 0 Å². The maximum Gasteiger partial charge on any atom is 0.416 e. The van der Waals surface area contributed by atoms with E-state index in [2.05, 4.69) is 10.3 Å². The predicted molar refractivity (Wildman–Crippen MR) is 116 cm³/mol. The Labute approximate surface area is 197 Å². The Bertz CT molecular complexity index is 1210. The maximum atomic E-state index is 13.2. The number of carbonyl (C=O) groups excluding carboxylic acids is 1. The molecule has 2 aromatic carbocycles. The summed E-state index contributed by atoms with van der Waals surface area (Å²) in [6, 6.07) is 7.51. The highest BCUT2D eigenvalue weighted by Crippen LogP contribution is 2.44. The van der Waals surface area contributed by atoms with E-state index in [1.807, 2.05) is 0 Å². The van der Waals surface area contributed by atoms with Gasteiger partial charge in [0.1, 0.15) is 5.69 Å². The summed E-state index contributed by atoms with van der Waals surface area (Å²) in [5.41, 5.74) is -1.97. The van der Waals surface area contributed by atoms with Crippen LogP contribution in [-0.4, -0.2) is 21.5 Å². The Balaban J connectivity index is 1.41. The Morgan fingerprint density at radius 1 is 0.886 bits per heavy atom. The van der Waals surface area contributed by atoms with Crippen LogP contribution in [0.15, 0.2) is 55.0 Å². The van der Waals surface area contributed by atoms with Gasteiger partial charge in [-0.2, -0.15) is 26.3 Å². The smallest absolute Gasteiger partial charge is 0.348 e. The molecule has 3 atom stereocenters. The second-order valence-corrected chi connectivity index (χ2v) is 9.25. The van der Waals surface area contributed by atoms with Gasteiger partial charge in [0.15, 0.2) is 0 Å². The second kappa shape index (κ2) is 8.42. The van der Waals surface area contributed by atoms with Crippen molar-refractivity contribution in [1.82, 2.24) is 14.9 Å². The summed E-state index contributed by atoms with van der Waals surface area (Å²) in [6.07, 6.45) is -2.55. The van der Waals surface area contributed by atoms with Gasteiger partial charge in [-0.25, -0.2) is 4.98 Å². The first-order valence-corrected chi connectivity index (χ1v) is 11.2. The number of benzene rings is 2. The van der Waals surface area contributed by atoms with Gasteiger partial charge in [-0.1, -0.05) is 18.6 Å². The van der Waals surface area contributed by atoms with E-state index in [1.165, 1.54) is 43.2 Å². The lowest BCUT2D eigenvalue weighted by atomic mass is 9.95. The van der Waals surface area contributed by atoms with Crippen LogP contribution >= 0.6 is 0 Å². The fourth-order valence-corrected chi connectivity index (χ4v) is 5.27. The lowest BCUT2D eigenvalue weighted by Crippen LogP contribution is -2.39. The highest BCUT2D eigenvalue weighted by molar-refractivity contribution is 5.93. The van der Waals surface area contributed by atoms with Crippen LogP contribution in [0.25, 0.3) is 16.8 Å².